The molecule has 1 amide bonds. The number of carbonyl (C=O) groups is 2. The van der Waals surface area contributed by atoms with E-state index in [0.717, 1.165) is 0 Å². The van der Waals surface area contributed by atoms with Gasteiger partial charge in [0.05, 0.1) is 11.3 Å². The van der Waals surface area contributed by atoms with Gasteiger partial charge in [-0.05, 0) is 30.3 Å². The molecule has 28 heavy (non-hydrogen) atoms. The van der Waals surface area contributed by atoms with Crippen molar-refractivity contribution in [2.24, 2.45) is 0 Å². The summed E-state index contributed by atoms with van der Waals surface area (Å²) < 4.78 is 10.2. The first kappa shape index (κ1) is 18.8. The summed E-state index contributed by atoms with van der Waals surface area (Å²) in [5.41, 5.74) is -0.0934. The summed E-state index contributed by atoms with van der Waals surface area (Å²) in [6.45, 7) is 0.0251. The second-order valence-electron chi connectivity index (χ2n) is 5.74. The number of nitrogens with zero attached hydrogens (tertiary/aromatic N) is 1. The maximum atomic E-state index is 12.0. The standard InChI is InChI=1S/C19H14N2O7/c22-17-8-4-12-3-7-15(11-16(12)28-17)27-18(23)9-10-20-19(24)13-1-5-14(6-2-13)21(25)26/h1-8,11H,9-10H2,(H,20,24). The molecule has 0 radical (unpaired) electrons. The maximum absolute atomic E-state index is 12.0. The van der Waals surface area contributed by atoms with E-state index in [2.05, 4.69) is 5.32 Å². The molecule has 0 saturated heterocycles. The van der Waals surface area contributed by atoms with Crippen molar-refractivity contribution >= 4 is 28.5 Å². The molecule has 0 aliphatic carbocycles. The van der Waals surface area contributed by atoms with Crippen LogP contribution in [0, 0.1) is 10.1 Å². The number of nitro groups is 1. The maximum Gasteiger partial charge on any atom is 0.336 e. The van der Waals surface area contributed by atoms with Crippen LogP contribution in [0.15, 0.2) is 63.8 Å². The summed E-state index contributed by atoms with van der Waals surface area (Å²) in [7, 11) is 0. The van der Waals surface area contributed by atoms with Crippen molar-refractivity contribution in [1.82, 2.24) is 5.32 Å². The fourth-order valence-electron chi connectivity index (χ4n) is 2.40. The smallest absolute Gasteiger partial charge is 0.336 e. The van der Waals surface area contributed by atoms with E-state index in [0.29, 0.717) is 11.0 Å². The quantitative estimate of drug-likeness (QED) is 0.228. The molecule has 0 fully saturated rings. The Labute approximate surface area is 157 Å². The molecule has 0 aliphatic rings. The molecule has 9 heteroatoms. The lowest BCUT2D eigenvalue weighted by atomic mass is 10.2. The third-order valence-corrected chi connectivity index (χ3v) is 3.78. The molecule has 0 unspecified atom stereocenters. The molecule has 0 aliphatic heterocycles. The topological polar surface area (TPSA) is 129 Å². The second-order valence-corrected chi connectivity index (χ2v) is 5.74. The van der Waals surface area contributed by atoms with E-state index in [1.165, 1.54) is 36.4 Å². The van der Waals surface area contributed by atoms with E-state index in [1.807, 2.05) is 0 Å². The number of rotatable bonds is 6. The predicted octanol–water partition coefficient (Wildman–Crippen LogP) is 2.43. The average Bonchev–Trinajstić information content (AvgIpc) is 2.67. The summed E-state index contributed by atoms with van der Waals surface area (Å²) in [5.74, 6) is -0.828. The van der Waals surface area contributed by atoms with Crippen LogP contribution in [0.25, 0.3) is 11.0 Å². The zero-order valence-electron chi connectivity index (χ0n) is 14.4. The van der Waals surface area contributed by atoms with Gasteiger partial charge in [0.2, 0.25) is 0 Å². The molecule has 0 spiro atoms. The highest BCUT2D eigenvalue weighted by Crippen LogP contribution is 2.19. The summed E-state index contributed by atoms with van der Waals surface area (Å²) in [6.07, 6.45) is -0.0878. The highest BCUT2D eigenvalue weighted by molar-refractivity contribution is 5.94. The number of nitrogens with one attached hydrogen (secondary N) is 1. The van der Waals surface area contributed by atoms with Gasteiger partial charge in [0.25, 0.3) is 11.6 Å². The average molecular weight is 382 g/mol. The zero-order valence-corrected chi connectivity index (χ0v) is 14.4. The number of amides is 1. The Morgan fingerprint density at radius 2 is 1.79 bits per heavy atom. The second kappa shape index (κ2) is 8.12. The molecule has 3 aromatic rings. The first-order valence-corrected chi connectivity index (χ1v) is 8.19. The van der Waals surface area contributed by atoms with Gasteiger partial charge >= 0.3 is 11.6 Å². The number of fused-ring (bicyclic) bond motifs is 1. The molecular weight excluding hydrogens is 368 g/mol. The Balaban J connectivity index is 1.52. The Hall–Kier alpha value is -4.01. The highest BCUT2D eigenvalue weighted by atomic mass is 16.6. The largest absolute Gasteiger partial charge is 0.426 e. The third-order valence-electron chi connectivity index (χ3n) is 3.78. The first-order valence-electron chi connectivity index (χ1n) is 8.19. The van der Waals surface area contributed by atoms with E-state index < -0.39 is 22.4 Å². The molecule has 9 nitrogen and oxygen atoms in total. The number of benzene rings is 2. The Morgan fingerprint density at radius 3 is 2.50 bits per heavy atom. The Bertz CT molecular complexity index is 1100. The molecule has 2 aromatic carbocycles. The minimum absolute atomic E-state index is 0.0251. The number of ether oxygens (including phenoxy) is 1. The fraction of sp³-hybridized carbons (Fsp3) is 0.105. The van der Waals surface area contributed by atoms with Crippen LogP contribution in [0.5, 0.6) is 5.75 Å². The minimum atomic E-state index is -0.582. The Kier molecular flexibility index (Phi) is 5.45. The van der Waals surface area contributed by atoms with E-state index >= 15 is 0 Å². The van der Waals surface area contributed by atoms with Crippen LogP contribution in [-0.4, -0.2) is 23.3 Å². The first-order chi connectivity index (χ1) is 13.4. The molecule has 0 saturated carbocycles. The van der Waals surface area contributed by atoms with Gasteiger partial charge in [-0.2, -0.15) is 0 Å². The van der Waals surface area contributed by atoms with Crippen LogP contribution < -0.4 is 15.7 Å². The van der Waals surface area contributed by atoms with Gasteiger partial charge in [-0.25, -0.2) is 4.79 Å². The molecule has 142 valence electrons. The number of carbonyl (C=O) groups excluding carboxylic acids is 2. The van der Waals surface area contributed by atoms with E-state index in [4.69, 9.17) is 9.15 Å². The van der Waals surface area contributed by atoms with Gasteiger partial charge in [0.15, 0.2) is 0 Å². The zero-order chi connectivity index (χ0) is 20.1. The van der Waals surface area contributed by atoms with Crippen molar-refractivity contribution in [2.75, 3.05) is 6.54 Å². The molecule has 3 rings (SSSR count). The lowest BCUT2D eigenvalue weighted by Gasteiger charge is -2.07. The summed E-state index contributed by atoms with van der Waals surface area (Å²) in [4.78, 5) is 45.2. The fourth-order valence-corrected chi connectivity index (χ4v) is 2.40. The van der Waals surface area contributed by atoms with Gasteiger partial charge in [-0.3, -0.25) is 19.7 Å². The molecule has 1 N–H and O–H groups in total. The normalized spacial score (nSPS) is 10.4. The van der Waals surface area contributed by atoms with Crippen LogP contribution >= 0.6 is 0 Å². The molecule has 0 bridgehead atoms. The molecular formula is C19H14N2O7. The van der Waals surface area contributed by atoms with Crippen LogP contribution in [-0.2, 0) is 4.79 Å². The van der Waals surface area contributed by atoms with E-state index in [9.17, 15) is 24.5 Å². The van der Waals surface area contributed by atoms with Crippen molar-refractivity contribution in [3.63, 3.8) is 0 Å². The molecule has 1 aromatic heterocycles. The van der Waals surface area contributed by atoms with E-state index in [1.54, 1.807) is 18.2 Å². The SMILES string of the molecule is O=C(CCNC(=O)c1ccc([N+](=O)[O-])cc1)Oc1ccc2ccc(=O)oc2c1. The number of hydrogen-bond donors (Lipinski definition) is 1. The van der Waals surface area contributed by atoms with Crippen molar-refractivity contribution in [3.8, 4) is 5.75 Å². The third kappa shape index (κ3) is 4.58. The minimum Gasteiger partial charge on any atom is -0.426 e. The summed E-state index contributed by atoms with van der Waals surface area (Å²) >= 11 is 0. The number of nitro benzene ring substituents is 1. The summed E-state index contributed by atoms with van der Waals surface area (Å²) in [5, 5.41) is 13.8. The van der Waals surface area contributed by atoms with Crippen molar-refractivity contribution < 1.29 is 23.7 Å². The molecule has 1 heterocycles. The molecule has 0 atom stereocenters. The van der Waals surface area contributed by atoms with Crippen LogP contribution in [0.2, 0.25) is 0 Å². The van der Waals surface area contributed by atoms with Crippen LogP contribution in [0.3, 0.4) is 0 Å². The van der Waals surface area contributed by atoms with Crippen LogP contribution in [0.4, 0.5) is 5.69 Å². The number of esters is 1. The van der Waals surface area contributed by atoms with Crippen molar-refractivity contribution in [2.45, 2.75) is 6.42 Å². The van der Waals surface area contributed by atoms with Gasteiger partial charge in [0, 0.05) is 41.8 Å². The van der Waals surface area contributed by atoms with Gasteiger partial charge in [-0.15, -0.1) is 0 Å². The van der Waals surface area contributed by atoms with Crippen molar-refractivity contribution in [1.29, 1.82) is 0 Å². The van der Waals surface area contributed by atoms with Crippen LogP contribution in [0.1, 0.15) is 16.8 Å². The number of non-ortho nitro benzene ring substituents is 1. The van der Waals surface area contributed by atoms with E-state index in [-0.39, 0.29) is 30.0 Å². The van der Waals surface area contributed by atoms with Crippen molar-refractivity contribution in [3.05, 3.63) is 80.7 Å². The lowest BCUT2D eigenvalue weighted by molar-refractivity contribution is -0.384. The highest BCUT2D eigenvalue weighted by Gasteiger charge is 2.11. The monoisotopic (exact) mass is 382 g/mol. The lowest BCUT2D eigenvalue weighted by Crippen LogP contribution is -2.27. The summed E-state index contributed by atoms with van der Waals surface area (Å²) in [6, 6.07) is 12.6. The predicted molar refractivity (Wildman–Crippen MR) is 98.2 cm³/mol. The van der Waals surface area contributed by atoms with Gasteiger partial charge < -0.3 is 14.5 Å². The Morgan fingerprint density at radius 1 is 1.07 bits per heavy atom. The van der Waals surface area contributed by atoms with Gasteiger partial charge in [-0.1, -0.05) is 0 Å². The van der Waals surface area contributed by atoms with Gasteiger partial charge in [0.1, 0.15) is 11.3 Å². The number of hydrogen-bond acceptors (Lipinski definition) is 7.